The highest BCUT2D eigenvalue weighted by atomic mass is 16.5. The maximum atomic E-state index is 5.93. The van der Waals surface area contributed by atoms with Crippen molar-refractivity contribution in [2.45, 2.75) is 32.7 Å². The van der Waals surface area contributed by atoms with E-state index in [2.05, 4.69) is 30.7 Å². The number of hydrogen-bond donors (Lipinski definition) is 1. The largest absolute Gasteiger partial charge is 0.382 e. The lowest BCUT2D eigenvalue weighted by Crippen LogP contribution is -2.55. The molecule has 1 atom stereocenters. The molecule has 0 saturated carbocycles. The Kier molecular flexibility index (Phi) is 3.97. The second-order valence-electron chi connectivity index (χ2n) is 4.69. The third-order valence-corrected chi connectivity index (χ3v) is 3.00. The van der Waals surface area contributed by atoms with Crippen LogP contribution in [0.4, 0.5) is 0 Å². The van der Waals surface area contributed by atoms with Gasteiger partial charge in [-0.15, -0.1) is 0 Å². The molecule has 0 saturated heterocycles. The van der Waals surface area contributed by atoms with E-state index in [1.807, 2.05) is 0 Å². The van der Waals surface area contributed by atoms with E-state index < -0.39 is 0 Å². The molecule has 4 heteroatoms. The van der Waals surface area contributed by atoms with Crippen molar-refractivity contribution in [1.29, 1.82) is 0 Å². The minimum atomic E-state index is -0.0108. The molecule has 0 fully saturated rings. The van der Waals surface area contributed by atoms with Crippen LogP contribution in [0, 0.1) is 5.92 Å². The standard InChI is InChI=1S/C11H23N3O/c1-5-11(8-15-4)7-13-10(12)14(11)6-9(2)3/h9H,5-8H2,1-4H3,(H2,12,13). The first-order chi connectivity index (χ1) is 7.05. The van der Waals surface area contributed by atoms with E-state index in [9.17, 15) is 0 Å². The fourth-order valence-corrected chi connectivity index (χ4v) is 2.09. The molecule has 4 nitrogen and oxygen atoms in total. The monoisotopic (exact) mass is 213 g/mol. The van der Waals surface area contributed by atoms with Gasteiger partial charge < -0.3 is 15.4 Å². The highest BCUT2D eigenvalue weighted by molar-refractivity contribution is 5.81. The number of aliphatic imine (C=N–C) groups is 1. The molecule has 0 radical (unpaired) electrons. The number of guanidine groups is 1. The van der Waals surface area contributed by atoms with Gasteiger partial charge >= 0.3 is 0 Å². The van der Waals surface area contributed by atoms with Gasteiger partial charge in [-0.1, -0.05) is 20.8 Å². The predicted octanol–water partition coefficient (Wildman–Crippen LogP) is 1.07. The number of hydrogen-bond acceptors (Lipinski definition) is 4. The maximum absolute atomic E-state index is 5.93. The zero-order valence-electron chi connectivity index (χ0n) is 10.3. The van der Waals surface area contributed by atoms with Gasteiger partial charge in [0.1, 0.15) is 0 Å². The van der Waals surface area contributed by atoms with Crippen LogP contribution in [0.15, 0.2) is 4.99 Å². The molecule has 0 spiro atoms. The van der Waals surface area contributed by atoms with E-state index in [1.54, 1.807) is 7.11 Å². The molecule has 1 heterocycles. The lowest BCUT2D eigenvalue weighted by Gasteiger charge is -2.39. The fourth-order valence-electron chi connectivity index (χ4n) is 2.09. The molecule has 0 aromatic heterocycles. The summed E-state index contributed by atoms with van der Waals surface area (Å²) in [6, 6.07) is 0. The normalized spacial score (nSPS) is 26.2. The third-order valence-electron chi connectivity index (χ3n) is 3.00. The van der Waals surface area contributed by atoms with Gasteiger partial charge in [-0.3, -0.25) is 4.99 Å². The van der Waals surface area contributed by atoms with Crippen molar-refractivity contribution < 1.29 is 4.74 Å². The topological polar surface area (TPSA) is 50.9 Å². The molecule has 1 aliphatic rings. The quantitative estimate of drug-likeness (QED) is 0.743. The highest BCUT2D eigenvalue weighted by Gasteiger charge is 2.40. The minimum absolute atomic E-state index is 0.0108. The molecule has 1 unspecified atom stereocenters. The third kappa shape index (κ3) is 2.43. The van der Waals surface area contributed by atoms with E-state index >= 15 is 0 Å². The lowest BCUT2D eigenvalue weighted by atomic mass is 9.95. The summed E-state index contributed by atoms with van der Waals surface area (Å²) >= 11 is 0. The van der Waals surface area contributed by atoms with Crippen LogP contribution in [0.5, 0.6) is 0 Å². The van der Waals surface area contributed by atoms with Gasteiger partial charge in [0, 0.05) is 13.7 Å². The maximum Gasteiger partial charge on any atom is 0.191 e. The van der Waals surface area contributed by atoms with Crippen LogP contribution in [0.25, 0.3) is 0 Å². The molecule has 88 valence electrons. The summed E-state index contributed by atoms with van der Waals surface area (Å²) in [6.45, 7) is 8.96. The predicted molar refractivity (Wildman–Crippen MR) is 62.9 cm³/mol. The number of methoxy groups -OCH3 is 1. The second-order valence-corrected chi connectivity index (χ2v) is 4.69. The second kappa shape index (κ2) is 4.84. The van der Waals surface area contributed by atoms with Crippen molar-refractivity contribution >= 4 is 5.96 Å². The van der Waals surface area contributed by atoms with Crippen LogP contribution in [-0.4, -0.2) is 43.2 Å². The number of nitrogens with zero attached hydrogens (tertiary/aromatic N) is 2. The molecule has 2 N–H and O–H groups in total. The molecule has 1 aliphatic heterocycles. The first-order valence-electron chi connectivity index (χ1n) is 5.62. The average Bonchev–Trinajstić information content (AvgIpc) is 2.47. The smallest absolute Gasteiger partial charge is 0.191 e. The Morgan fingerprint density at radius 2 is 2.27 bits per heavy atom. The Labute approximate surface area is 92.5 Å². The van der Waals surface area contributed by atoms with Gasteiger partial charge in [0.15, 0.2) is 5.96 Å². The zero-order chi connectivity index (χ0) is 11.5. The Hall–Kier alpha value is -0.770. The number of rotatable bonds is 5. The first kappa shape index (κ1) is 12.3. The van der Waals surface area contributed by atoms with Gasteiger partial charge in [0.2, 0.25) is 0 Å². The van der Waals surface area contributed by atoms with Crippen molar-refractivity contribution in [1.82, 2.24) is 4.90 Å². The van der Waals surface area contributed by atoms with Crippen molar-refractivity contribution in [3.8, 4) is 0 Å². The van der Waals surface area contributed by atoms with Crippen LogP contribution in [0.3, 0.4) is 0 Å². The SMILES string of the molecule is CCC1(COC)CN=C(N)N1CC(C)C. The van der Waals surface area contributed by atoms with E-state index in [0.717, 1.165) is 19.5 Å². The van der Waals surface area contributed by atoms with Crippen molar-refractivity contribution in [2.24, 2.45) is 16.6 Å². The molecule has 15 heavy (non-hydrogen) atoms. The average molecular weight is 213 g/mol. The zero-order valence-corrected chi connectivity index (χ0v) is 10.3. The first-order valence-corrected chi connectivity index (χ1v) is 5.62. The molecule has 0 aromatic carbocycles. The molecule has 0 amide bonds. The van der Waals surface area contributed by atoms with E-state index in [1.165, 1.54) is 0 Å². The Morgan fingerprint density at radius 3 is 2.73 bits per heavy atom. The summed E-state index contributed by atoms with van der Waals surface area (Å²) in [5.41, 5.74) is 5.92. The van der Waals surface area contributed by atoms with Gasteiger partial charge in [-0.2, -0.15) is 0 Å². The summed E-state index contributed by atoms with van der Waals surface area (Å²) in [6.07, 6.45) is 1.01. The van der Waals surface area contributed by atoms with Crippen molar-refractivity contribution in [3.63, 3.8) is 0 Å². The van der Waals surface area contributed by atoms with Crippen molar-refractivity contribution in [3.05, 3.63) is 0 Å². The van der Waals surface area contributed by atoms with Gasteiger partial charge in [-0.25, -0.2) is 0 Å². The van der Waals surface area contributed by atoms with Gasteiger partial charge in [-0.05, 0) is 12.3 Å². The molecule has 0 aromatic rings. The Bertz CT molecular complexity index is 240. The molecule has 0 bridgehead atoms. The summed E-state index contributed by atoms with van der Waals surface area (Å²) in [7, 11) is 1.74. The fraction of sp³-hybridized carbons (Fsp3) is 0.909. The van der Waals surface area contributed by atoms with Crippen LogP contribution in [0.2, 0.25) is 0 Å². The van der Waals surface area contributed by atoms with Crippen LogP contribution in [0.1, 0.15) is 27.2 Å². The summed E-state index contributed by atoms with van der Waals surface area (Å²) < 4.78 is 5.31. The molecule has 1 rings (SSSR count). The number of nitrogens with two attached hydrogens (primary N) is 1. The summed E-state index contributed by atoms with van der Waals surface area (Å²) in [4.78, 5) is 6.56. The summed E-state index contributed by atoms with van der Waals surface area (Å²) in [5, 5.41) is 0. The van der Waals surface area contributed by atoms with Crippen LogP contribution >= 0.6 is 0 Å². The highest BCUT2D eigenvalue weighted by Crippen LogP contribution is 2.26. The van der Waals surface area contributed by atoms with Crippen LogP contribution < -0.4 is 5.73 Å². The number of ether oxygens (including phenoxy) is 1. The van der Waals surface area contributed by atoms with Crippen LogP contribution in [-0.2, 0) is 4.74 Å². The molecule has 0 aliphatic carbocycles. The molecular weight excluding hydrogens is 190 g/mol. The van der Waals surface area contributed by atoms with Gasteiger partial charge in [0.25, 0.3) is 0 Å². The van der Waals surface area contributed by atoms with Gasteiger partial charge in [0.05, 0.1) is 18.7 Å². The van der Waals surface area contributed by atoms with E-state index in [4.69, 9.17) is 10.5 Å². The summed E-state index contributed by atoms with van der Waals surface area (Å²) in [5.74, 6) is 1.25. The van der Waals surface area contributed by atoms with Crippen molar-refractivity contribution in [2.75, 3.05) is 26.8 Å². The lowest BCUT2D eigenvalue weighted by molar-refractivity contribution is 0.0583. The minimum Gasteiger partial charge on any atom is -0.382 e. The van der Waals surface area contributed by atoms with E-state index in [-0.39, 0.29) is 5.54 Å². The van der Waals surface area contributed by atoms with E-state index in [0.29, 0.717) is 18.5 Å². The Morgan fingerprint density at radius 1 is 1.60 bits per heavy atom. The Balaban J connectivity index is 2.79. The molecular formula is C11H23N3O.